The number of halogens is 2. The zero-order chi connectivity index (χ0) is 9.26. The van der Waals surface area contributed by atoms with Gasteiger partial charge in [-0.2, -0.15) is 0 Å². The van der Waals surface area contributed by atoms with E-state index < -0.39 is 0 Å². The van der Waals surface area contributed by atoms with Crippen molar-refractivity contribution in [3.05, 3.63) is 27.7 Å². The molecule has 1 aliphatic rings. The summed E-state index contributed by atoms with van der Waals surface area (Å²) in [6, 6.07) is 6.58. The lowest BCUT2D eigenvalue weighted by Gasteiger charge is -2.27. The van der Waals surface area contributed by atoms with E-state index in [0.29, 0.717) is 6.04 Å². The third-order valence-corrected chi connectivity index (χ3v) is 3.20. The van der Waals surface area contributed by atoms with Crippen molar-refractivity contribution in [1.29, 1.82) is 0 Å². The van der Waals surface area contributed by atoms with Crippen molar-refractivity contribution >= 4 is 33.2 Å². The van der Waals surface area contributed by atoms with E-state index in [1.807, 2.05) is 18.2 Å². The van der Waals surface area contributed by atoms with E-state index in [2.05, 4.69) is 21.2 Å². The van der Waals surface area contributed by atoms with Crippen LogP contribution in [-0.4, -0.2) is 6.04 Å². The van der Waals surface area contributed by atoms with Crippen molar-refractivity contribution < 1.29 is 0 Å². The molecular weight excluding hydrogens is 249 g/mol. The number of nitrogens with one attached hydrogen (secondary N) is 1. The first kappa shape index (κ1) is 9.35. The smallest absolute Gasteiger partial charge is 0.0648 e. The van der Waals surface area contributed by atoms with Crippen LogP contribution in [0.1, 0.15) is 19.3 Å². The average Bonchev–Trinajstić information content (AvgIpc) is 1.99. The van der Waals surface area contributed by atoms with E-state index in [1.54, 1.807) is 0 Å². The molecular formula is C10H11BrClN. The van der Waals surface area contributed by atoms with Crippen LogP contribution in [0.4, 0.5) is 5.69 Å². The van der Waals surface area contributed by atoms with Gasteiger partial charge in [-0.05, 0) is 37.5 Å². The Labute approximate surface area is 91.6 Å². The van der Waals surface area contributed by atoms with Crippen LogP contribution < -0.4 is 5.32 Å². The molecule has 0 radical (unpaired) electrons. The Morgan fingerprint density at radius 2 is 2.15 bits per heavy atom. The van der Waals surface area contributed by atoms with Gasteiger partial charge < -0.3 is 5.32 Å². The highest BCUT2D eigenvalue weighted by Gasteiger charge is 2.17. The van der Waals surface area contributed by atoms with Crippen LogP contribution in [0, 0.1) is 0 Å². The molecule has 0 heterocycles. The van der Waals surface area contributed by atoms with Crippen molar-refractivity contribution in [3.8, 4) is 0 Å². The lowest BCUT2D eigenvalue weighted by molar-refractivity contribution is 0.445. The molecule has 1 aromatic carbocycles. The summed E-state index contributed by atoms with van der Waals surface area (Å²) in [6.07, 6.45) is 3.88. The first-order valence-corrected chi connectivity index (χ1v) is 5.64. The van der Waals surface area contributed by atoms with Crippen LogP contribution in [0.5, 0.6) is 0 Å². The zero-order valence-corrected chi connectivity index (χ0v) is 9.53. The van der Waals surface area contributed by atoms with Crippen LogP contribution in [0.15, 0.2) is 22.7 Å². The molecule has 1 nitrogen and oxygen atoms in total. The monoisotopic (exact) mass is 259 g/mol. The SMILES string of the molecule is Clc1cc(Br)ccc1NC1CCC1. The molecule has 0 spiro atoms. The highest BCUT2D eigenvalue weighted by molar-refractivity contribution is 9.10. The Morgan fingerprint density at radius 3 is 2.69 bits per heavy atom. The summed E-state index contributed by atoms with van der Waals surface area (Å²) >= 11 is 9.44. The number of benzene rings is 1. The summed E-state index contributed by atoms with van der Waals surface area (Å²) in [5.41, 5.74) is 1.05. The van der Waals surface area contributed by atoms with Crippen LogP contribution >= 0.6 is 27.5 Å². The molecule has 3 heteroatoms. The molecule has 1 aliphatic carbocycles. The van der Waals surface area contributed by atoms with E-state index in [-0.39, 0.29) is 0 Å². The van der Waals surface area contributed by atoms with Crippen LogP contribution in [0.2, 0.25) is 5.02 Å². The fourth-order valence-electron chi connectivity index (χ4n) is 1.38. The Bertz CT molecular complexity index is 310. The van der Waals surface area contributed by atoms with E-state index in [1.165, 1.54) is 19.3 Å². The number of hydrogen-bond acceptors (Lipinski definition) is 1. The van der Waals surface area contributed by atoms with E-state index >= 15 is 0 Å². The van der Waals surface area contributed by atoms with Crippen molar-refractivity contribution in [2.45, 2.75) is 25.3 Å². The topological polar surface area (TPSA) is 12.0 Å². The maximum absolute atomic E-state index is 6.06. The van der Waals surface area contributed by atoms with Gasteiger partial charge in [0.2, 0.25) is 0 Å². The van der Waals surface area contributed by atoms with Crippen LogP contribution in [0.25, 0.3) is 0 Å². The van der Waals surface area contributed by atoms with Gasteiger partial charge in [-0.15, -0.1) is 0 Å². The van der Waals surface area contributed by atoms with Crippen LogP contribution in [0.3, 0.4) is 0 Å². The maximum Gasteiger partial charge on any atom is 0.0648 e. The Balaban J connectivity index is 2.10. The van der Waals surface area contributed by atoms with Crippen molar-refractivity contribution in [3.63, 3.8) is 0 Å². The fourth-order valence-corrected chi connectivity index (χ4v) is 2.11. The van der Waals surface area contributed by atoms with Gasteiger partial charge in [0, 0.05) is 10.5 Å². The molecule has 0 aromatic heterocycles. The second-order valence-electron chi connectivity index (χ2n) is 3.40. The molecule has 0 bridgehead atoms. The molecule has 1 N–H and O–H groups in total. The minimum atomic E-state index is 0.638. The predicted octanol–water partition coefficient (Wildman–Crippen LogP) is 4.07. The summed E-state index contributed by atoms with van der Waals surface area (Å²) in [4.78, 5) is 0. The third-order valence-electron chi connectivity index (χ3n) is 2.40. The number of hydrogen-bond donors (Lipinski definition) is 1. The molecule has 1 saturated carbocycles. The minimum Gasteiger partial charge on any atom is -0.381 e. The molecule has 0 unspecified atom stereocenters. The molecule has 1 fully saturated rings. The van der Waals surface area contributed by atoms with Gasteiger partial charge in [0.1, 0.15) is 0 Å². The standard InChI is InChI=1S/C10H11BrClN/c11-7-4-5-10(9(12)6-7)13-8-2-1-3-8/h4-6,8,13H,1-3H2. The van der Waals surface area contributed by atoms with Gasteiger partial charge in [0.25, 0.3) is 0 Å². The highest BCUT2D eigenvalue weighted by Crippen LogP contribution is 2.29. The lowest BCUT2D eigenvalue weighted by atomic mass is 9.93. The van der Waals surface area contributed by atoms with Gasteiger partial charge >= 0.3 is 0 Å². The first-order chi connectivity index (χ1) is 6.25. The predicted molar refractivity (Wildman–Crippen MR) is 60.4 cm³/mol. The van der Waals surface area contributed by atoms with Crippen molar-refractivity contribution in [2.24, 2.45) is 0 Å². The van der Waals surface area contributed by atoms with Gasteiger partial charge in [-0.1, -0.05) is 27.5 Å². The number of rotatable bonds is 2. The zero-order valence-electron chi connectivity index (χ0n) is 7.19. The Hall–Kier alpha value is -0.210. The average molecular weight is 261 g/mol. The molecule has 13 heavy (non-hydrogen) atoms. The maximum atomic E-state index is 6.06. The summed E-state index contributed by atoms with van der Waals surface area (Å²) in [6.45, 7) is 0. The van der Waals surface area contributed by atoms with E-state index in [4.69, 9.17) is 11.6 Å². The molecule has 0 atom stereocenters. The Morgan fingerprint density at radius 1 is 1.38 bits per heavy atom. The molecule has 1 aromatic rings. The minimum absolute atomic E-state index is 0.638. The molecule has 2 rings (SSSR count). The molecule has 0 aliphatic heterocycles. The second-order valence-corrected chi connectivity index (χ2v) is 4.72. The normalized spacial score (nSPS) is 16.8. The Kier molecular flexibility index (Phi) is 2.80. The molecule has 70 valence electrons. The molecule has 0 saturated heterocycles. The first-order valence-electron chi connectivity index (χ1n) is 4.47. The van der Waals surface area contributed by atoms with Gasteiger partial charge in [-0.25, -0.2) is 0 Å². The quantitative estimate of drug-likeness (QED) is 0.845. The molecule has 0 amide bonds. The van der Waals surface area contributed by atoms with Gasteiger partial charge in [0.15, 0.2) is 0 Å². The highest BCUT2D eigenvalue weighted by atomic mass is 79.9. The largest absolute Gasteiger partial charge is 0.381 e. The van der Waals surface area contributed by atoms with Crippen molar-refractivity contribution in [2.75, 3.05) is 5.32 Å². The van der Waals surface area contributed by atoms with E-state index in [0.717, 1.165) is 15.2 Å². The second kappa shape index (κ2) is 3.89. The van der Waals surface area contributed by atoms with E-state index in [9.17, 15) is 0 Å². The fraction of sp³-hybridized carbons (Fsp3) is 0.400. The lowest BCUT2D eigenvalue weighted by Crippen LogP contribution is -2.27. The summed E-state index contributed by atoms with van der Waals surface area (Å²) in [7, 11) is 0. The van der Waals surface area contributed by atoms with Crippen LogP contribution in [-0.2, 0) is 0 Å². The number of anilines is 1. The van der Waals surface area contributed by atoms with Gasteiger partial charge in [-0.3, -0.25) is 0 Å². The van der Waals surface area contributed by atoms with Crippen molar-refractivity contribution in [1.82, 2.24) is 0 Å². The van der Waals surface area contributed by atoms with Gasteiger partial charge in [0.05, 0.1) is 10.7 Å². The summed E-state index contributed by atoms with van der Waals surface area (Å²) < 4.78 is 1.02. The third kappa shape index (κ3) is 2.18. The summed E-state index contributed by atoms with van der Waals surface area (Å²) in [5, 5.41) is 4.21. The summed E-state index contributed by atoms with van der Waals surface area (Å²) in [5.74, 6) is 0.